The lowest BCUT2D eigenvalue weighted by Crippen LogP contribution is -1.93. The predicted molar refractivity (Wildman–Crippen MR) is 181 cm³/mol. The molecule has 0 N–H and O–H groups in total. The first-order valence-corrected chi connectivity index (χ1v) is 15.0. The number of aromatic nitrogens is 6. The summed E-state index contributed by atoms with van der Waals surface area (Å²) in [6, 6.07) is 33.0. The molecular formula is C38H20N6O2. The van der Waals surface area contributed by atoms with Gasteiger partial charge in [-0.25, -0.2) is 0 Å². The van der Waals surface area contributed by atoms with Gasteiger partial charge in [0.1, 0.15) is 44.4 Å². The molecule has 8 heteroatoms. The standard InChI is InChI=1S/C38H20N6O2/c1-5-27-35(39-13-1)36-28(6-2-14-40-36)43(27)21-9-11-31-23(17-21)25-19-26-24-18-22(10-12-32(24)46-34(26)20-33(25)45-31)44-29-7-3-15-41-37(29)38-30(44)8-4-16-42-38/h1-20H. The summed E-state index contributed by atoms with van der Waals surface area (Å²) in [6.45, 7) is 0. The zero-order valence-electron chi connectivity index (χ0n) is 24.0. The maximum absolute atomic E-state index is 6.37. The molecule has 11 aromatic rings. The summed E-state index contributed by atoms with van der Waals surface area (Å²) in [7, 11) is 0. The highest BCUT2D eigenvalue weighted by Gasteiger charge is 2.19. The second-order valence-corrected chi connectivity index (χ2v) is 11.6. The molecule has 0 unspecified atom stereocenters. The highest BCUT2D eigenvalue weighted by Crippen LogP contribution is 2.40. The molecule has 0 spiro atoms. The van der Waals surface area contributed by atoms with Gasteiger partial charge in [0.05, 0.1) is 22.1 Å². The van der Waals surface area contributed by atoms with E-state index in [4.69, 9.17) is 8.83 Å². The number of nitrogens with zero attached hydrogens (tertiary/aromatic N) is 6. The fraction of sp³-hybridized carbons (Fsp3) is 0. The van der Waals surface area contributed by atoms with E-state index in [1.165, 1.54) is 0 Å². The number of hydrogen-bond acceptors (Lipinski definition) is 6. The van der Waals surface area contributed by atoms with Crippen molar-refractivity contribution in [2.75, 3.05) is 0 Å². The van der Waals surface area contributed by atoms with Crippen LogP contribution < -0.4 is 0 Å². The molecule has 0 radical (unpaired) electrons. The summed E-state index contributed by atoms with van der Waals surface area (Å²) in [5, 5.41) is 4.11. The van der Waals surface area contributed by atoms with E-state index >= 15 is 0 Å². The third-order valence-corrected chi connectivity index (χ3v) is 9.10. The van der Waals surface area contributed by atoms with Crippen LogP contribution in [-0.2, 0) is 0 Å². The molecule has 0 saturated carbocycles. The largest absolute Gasteiger partial charge is 0.456 e. The first-order chi connectivity index (χ1) is 22.8. The maximum Gasteiger partial charge on any atom is 0.139 e. The van der Waals surface area contributed by atoms with Crippen LogP contribution in [0.4, 0.5) is 0 Å². The molecule has 0 bridgehead atoms. The molecule has 0 aliphatic rings. The summed E-state index contributed by atoms with van der Waals surface area (Å²) in [5.74, 6) is 0. The molecular weight excluding hydrogens is 572 g/mol. The van der Waals surface area contributed by atoms with Gasteiger partial charge in [0, 0.05) is 63.8 Å². The molecule has 0 aliphatic heterocycles. The van der Waals surface area contributed by atoms with Crippen LogP contribution in [0.3, 0.4) is 0 Å². The van der Waals surface area contributed by atoms with E-state index in [1.54, 1.807) is 0 Å². The van der Waals surface area contributed by atoms with E-state index in [0.29, 0.717) is 0 Å². The Bertz CT molecular complexity index is 2740. The van der Waals surface area contributed by atoms with Gasteiger partial charge >= 0.3 is 0 Å². The van der Waals surface area contributed by atoms with E-state index < -0.39 is 0 Å². The SMILES string of the molecule is c1cnc2c3ncccc3n(-c3ccc4oc5cc6oc7ccc(-n8c9cccnc9c9ncccc98)cc7c6cc5c4c3)c2c1. The minimum Gasteiger partial charge on any atom is -0.456 e. The topological polar surface area (TPSA) is 87.7 Å². The average molecular weight is 593 g/mol. The number of hydrogen-bond donors (Lipinski definition) is 0. The monoisotopic (exact) mass is 592 g/mol. The van der Waals surface area contributed by atoms with E-state index in [-0.39, 0.29) is 0 Å². The summed E-state index contributed by atoms with van der Waals surface area (Å²) in [4.78, 5) is 18.6. The van der Waals surface area contributed by atoms with Crippen molar-refractivity contribution in [3.05, 3.63) is 122 Å². The number of benzene rings is 3. The maximum atomic E-state index is 6.37. The number of rotatable bonds is 2. The van der Waals surface area contributed by atoms with Crippen LogP contribution in [0.5, 0.6) is 0 Å². The fourth-order valence-corrected chi connectivity index (χ4v) is 7.16. The molecule has 0 atom stereocenters. The number of pyridine rings is 4. The third-order valence-electron chi connectivity index (χ3n) is 9.10. The normalized spacial score (nSPS) is 12.3. The highest BCUT2D eigenvalue weighted by molar-refractivity contribution is 6.16. The Morgan fingerprint density at radius 2 is 0.739 bits per heavy atom. The molecule has 0 saturated heterocycles. The summed E-state index contributed by atoms with van der Waals surface area (Å²) < 4.78 is 17.2. The fourth-order valence-electron chi connectivity index (χ4n) is 7.16. The molecule has 0 aliphatic carbocycles. The first kappa shape index (κ1) is 23.9. The van der Waals surface area contributed by atoms with Gasteiger partial charge in [0.25, 0.3) is 0 Å². The highest BCUT2D eigenvalue weighted by atomic mass is 16.3. The Morgan fingerprint density at radius 3 is 1.13 bits per heavy atom. The lowest BCUT2D eigenvalue weighted by molar-refractivity contribution is 0.656. The van der Waals surface area contributed by atoms with Crippen molar-refractivity contribution in [2.45, 2.75) is 0 Å². The van der Waals surface area contributed by atoms with Crippen LogP contribution in [0.25, 0.3) is 99.4 Å². The lowest BCUT2D eigenvalue weighted by Gasteiger charge is -2.07. The predicted octanol–water partition coefficient (Wildman–Crippen LogP) is 9.26. The van der Waals surface area contributed by atoms with Crippen LogP contribution >= 0.6 is 0 Å². The van der Waals surface area contributed by atoms with Crippen molar-refractivity contribution in [1.29, 1.82) is 0 Å². The molecule has 0 fully saturated rings. The minimum atomic E-state index is 0.782. The Hall–Kier alpha value is -6.54. The quantitative estimate of drug-likeness (QED) is 0.199. The minimum absolute atomic E-state index is 0.782. The van der Waals surface area contributed by atoms with Crippen LogP contribution in [0.2, 0.25) is 0 Å². The van der Waals surface area contributed by atoms with Crippen LogP contribution in [0.1, 0.15) is 0 Å². The van der Waals surface area contributed by atoms with Crippen LogP contribution in [0, 0.1) is 0 Å². The first-order valence-electron chi connectivity index (χ1n) is 15.0. The van der Waals surface area contributed by atoms with Crippen molar-refractivity contribution in [3.8, 4) is 11.4 Å². The van der Waals surface area contributed by atoms with E-state index in [9.17, 15) is 0 Å². The van der Waals surface area contributed by atoms with Gasteiger partial charge < -0.3 is 18.0 Å². The summed E-state index contributed by atoms with van der Waals surface area (Å²) in [6.07, 6.45) is 7.26. The van der Waals surface area contributed by atoms with Crippen molar-refractivity contribution in [2.24, 2.45) is 0 Å². The zero-order chi connectivity index (χ0) is 29.9. The van der Waals surface area contributed by atoms with Gasteiger partial charge in [-0.1, -0.05) is 0 Å². The molecule has 8 heterocycles. The van der Waals surface area contributed by atoms with E-state index in [1.807, 2.05) is 67.3 Å². The summed E-state index contributed by atoms with van der Waals surface area (Å²) in [5.41, 5.74) is 12.8. The number of fused-ring (bicyclic) bond motifs is 12. The Labute approximate surface area is 258 Å². The third kappa shape index (κ3) is 3.07. The molecule has 0 amide bonds. The molecule has 3 aromatic carbocycles. The Kier molecular flexibility index (Phi) is 4.43. The molecule has 214 valence electrons. The van der Waals surface area contributed by atoms with E-state index in [0.717, 1.165) is 99.4 Å². The molecule has 8 aromatic heterocycles. The molecule has 11 rings (SSSR count). The van der Waals surface area contributed by atoms with Crippen molar-refractivity contribution in [1.82, 2.24) is 29.1 Å². The Morgan fingerprint density at radius 1 is 0.370 bits per heavy atom. The second kappa shape index (κ2) is 8.55. The smallest absolute Gasteiger partial charge is 0.139 e. The van der Waals surface area contributed by atoms with Crippen molar-refractivity contribution in [3.63, 3.8) is 0 Å². The van der Waals surface area contributed by atoms with E-state index in [2.05, 4.69) is 83.7 Å². The second-order valence-electron chi connectivity index (χ2n) is 11.6. The number of furan rings is 2. The van der Waals surface area contributed by atoms with Crippen molar-refractivity contribution < 1.29 is 8.83 Å². The van der Waals surface area contributed by atoms with Gasteiger partial charge in [0.15, 0.2) is 0 Å². The van der Waals surface area contributed by atoms with Crippen LogP contribution in [0.15, 0.2) is 131 Å². The van der Waals surface area contributed by atoms with Gasteiger partial charge in [-0.05, 0) is 91.0 Å². The lowest BCUT2D eigenvalue weighted by atomic mass is 10.1. The zero-order valence-corrected chi connectivity index (χ0v) is 24.0. The van der Waals surface area contributed by atoms with Gasteiger partial charge in [-0.15, -0.1) is 0 Å². The Balaban J connectivity index is 1.16. The average Bonchev–Trinajstić information content (AvgIpc) is 3.84. The van der Waals surface area contributed by atoms with Gasteiger partial charge in [-0.3, -0.25) is 19.9 Å². The summed E-state index contributed by atoms with van der Waals surface area (Å²) >= 11 is 0. The van der Waals surface area contributed by atoms with Gasteiger partial charge in [0.2, 0.25) is 0 Å². The van der Waals surface area contributed by atoms with Crippen molar-refractivity contribution >= 4 is 88.0 Å². The molecule has 46 heavy (non-hydrogen) atoms. The van der Waals surface area contributed by atoms with Gasteiger partial charge in [-0.2, -0.15) is 0 Å². The molecule has 8 nitrogen and oxygen atoms in total. The van der Waals surface area contributed by atoms with Crippen LogP contribution in [-0.4, -0.2) is 29.1 Å².